The molecule has 2 heterocycles. The first-order valence-corrected chi connectivity index (χ1v) is 11.6. The molecule has 0 unspecified atom stereocenters. The molecule has 170 valence electrons. The van der Waals surface area contributed by atoms with E-state index in [1.807, 2.05) is 11.9 Å². The molecule has 4 N–H and O–H groups in total. The Labute approximate surface area is 189 Å². The van der Waals surface area contributed by atoms with Crippen LogP contribution < -0.4 is 9.95 Å². The number of piperidine rings is 1. The Morgan fingerprint density at radius 1 is 1.34 bits per heavy atom. The van der Waals surface area contributed by atoms with Crippen molar-refractivity contribution in [3.05, 3.63) is 57.2 Å². The molecule has 0 amide bonds. The predicted molar refractivity (Wildman–Crippen MR) is 118 cm³/mol. The summed E-state index contributed by atoms with van der Waals surface area (Å²) in [6.45, 7) is 0.790. The van der Waals surface area contributed by atoms with E-state index in [0.717, 1.165) is 6.07 Å². The first-order chi connectivity index (χ1) is 15.5. The second-order valence-electron chi connectivity index (χ2n) is 7.68. The van der Waals surface area contributed by atoms with Crippen LogP contribution in [-0.4, -0.2) is 51.1 Å². The SMILES string of the molecule is [2H]c1c(-c2ccccc2Cl)oc2c([C@H]3CCN(C)C[C@H]3O)c(OP(=O)(O)O)cc(O)c2c1=O. The van der Waals surface area contributed by atoms with Gasteiger partial charge in [0.25, 0.3) is 0 Å². The Hall–Kier alpha value is -2.39. The van der Waals surface area contributed by atoms with Crippen LogP contribution >= 0.6 is 19.4 Å². The molecule has 0 radical (unpaired) electrons. The van der Waals surface area contributed by atoms with Gasteiger partial charge in [0.1, 0.15) is 28.2 Å². The van der Waals surface area contributed by atoms with E-state index in [1.54, 1.807) is 24.3 Å². The Balaban J connectivity index is 2.10. The Morgan fingerprint density at radius 3 is 2.72 bits per heavy atom. The molecule has 32 heavy (non-hydrogen) atoms. The highest BCUT2D eigenvalue weighted by atomic mass is 35.5. The highest BCUT2D eigenvalue weighted by Crippen LogP contribution is 2.48. The van der Waals surface area contributed by atoms with Crippen LogP contribution in [0.25, 0.3) is 22.3 Å². The molecule has 3 aromatic rings. The van der Waals surface area contributed by atoms with Gasteiger partial charge in [-0.2, -0.15) is 0 Å². The minimum atomic E-state index is -5.08. The number of halogens is 1. The smallest absolute Gasteiger partial charge is 0.507 e. The number of hydrogen-bond acceptors (Lipinski definition) is 7. The number of phosphoric ester groups is 1. The Morgan fingerprint density at radius 2 is 2.06 bits per heavy atom. The molecule has 1 saturated heterocycles. The number of likely N-dealkylation sites (tertiary alicyclic amines) is 1. The molecule has 4 rings (SSSR count). The highest BCUT2D eigenvalue weighted by molar-refractivity contribution is 7.46. The van der Waals surface area contributed by atoms with Crippen molar-refractivity contribution in [1.82, 2.24) is 4.90 Å². The third kappa shape index (κ3) is 4.41. The maximum absolute atomic E-state index is 13.1. The minimum Gasteiger partial charge on any atom is -0.507 e. The zero-order valence-electron chi connectivity index (χ0n) is 17.9. The number of aromatic hydroxyl groups is 1. The van der Waals surface area contributed by atoms with E-state index in [2.05, 4.69) is 0 Å². The van der Waals surface area contributed by atoms with Gasteiger partial charge in [-0.25, -0.2) is 4.57 Å². The molecule has 2 atom stereocenters. The summed E-state index contributed by atoms with van der Waals surface area (Å²) in [6.07, 6.45) is -0.636. The Bertz CT molecular complexity index is 1340. The van der Waals surface area contributed by atoms with Crippen molar-refractivity contribution >= 4 is 30.4 Å². The van der Waals surface area contributed by atoms with Crippen molar-refractivity contribution < 1.29 is 34.9 Å². The zero-order chi connectivity index (χ0) is 24.1. The summed E-state index contributed by atoms with van der Waals surface area (Å²) < 4.78 is 30.7. The number of phenols is 1. The molecule has 1 aliphatic heterocycles. The lowest BCUT2D eigenvalue weighted by Gasteiger charge is -2.34. The topological polar surface area (TPSA) is 141 Å². The molecule has 0 saturated carbocycles. The lowest BCUT2D eigenvalue weighted by Crippen LogP contribution is -2.40. The van der Waals surface area contributed by atoms with Crippen LogP contribution in [0, 0.1) is 0 Å². The van der Waals surface area contributed by atoms with Crippen molar-refractivity contribution in [3.63, 3.8) is 0 Å². The molecule has 2 aromatic carbocycles. The quantitative estimate of drug-likeness (QED) is 0.413. The fourth-order valence-corrected chi connectivity index (χ4v) is 4.63. The summed E-state index contributed by atoms with van der Waals surface area (Å²) in [5, 5.41) is 21.2. The van der Waals surface area contributed by atoms with Crippen molar-refractivity contribution in [2.75, 3.05) is 20.1 Å². The van der Waals surface area contributed by atoms with Gasteiger partial charge in [-0.1, -0.05) is 23.7 Å². The van der Waals surface area contributed by atoms with Gasteiger partial charge >= 0.3 is 7.82 Å². The van der Waals surface area contributed by atoms with Crippen molar-refractivity contribution in [2.24, 2.45) is 0 Å². The monoisotopic (exact) mass is 482 g/mol. The van der Waals surface area contributed by atoms with E-state index in [0.29, 0.717) is 13.0 Å². The van der Waals surface area contributed by atoms with Crippen LogP contribution in [0.2, 0.25) is 5.02 Å². The van der Waals surface area contributed by atoms with Crippen molar-refractivity contribution in [2.45, 2.75) is 18.4 Å². The van der Waals surface area contributed by atoms with Crippen LogP contribution in [0.3, 0.4) is 0 Å². The molecule has 0 aliphatic carbocycles. The fourth-order valence-electron chi connectivity index (χ4n) is 4.00. The normalized spacial score (nSPS) is 20.3. The highest BCUT2D eigenvalue weighted by Gasteiger charge is 2.35. The van der Waals surface area contributed by atoms with E-state index < -0.39 is 42.8 Å². The van der Waals surface area contributed by atoms with E-state index in [-0.39, 0.29) is 39.4 Å². The minimum absolute atomic E-state index is 0.0251. The molecule has 0 spiro atoms. The first kappa shape index (κ1) is 21.5. The largest absolute Gasteiger partial charge is 0.524 e. The first-order valence-electron chi connectivity index (χ1n) is 10.2. The lowest BCUT2D eigenvalue weighted by atomic mass is 9.85. The van der Waals surface area contributed by atoms with Gasteiger partial charge in [0.15, 0.2) is 5.43 Å². The van der Waals surface area contributed by atoms with Crippen LogP contribution in [-0.2, 0) is 4.57 Å². The molecule has 1 aromatic heterocycles. The molecular formula is C21H21ClNO8P. The molecular weight excluding hydrogens is 461 g/mol. The number of rotatable bonds is 4. The molecule has 9 nitrogen and oxygen atoms in total. The number of β-amino-alcohol motifs (C(OH)–C–C–N with tert-alkyl or cyclic N) is 1. The van der Waals surface area contributed by atoms with Gasteiger partial charge in [0, 0.05) is 35.7 Å². The van der Waals surface area contributed by atoms with Gasteiger partial charge < -0.3 is 24.1 Å². The average Bonchev–Trinajstić information content (AvgIpc) is 2.71. The number of phosphoric acid groups is 1. The number of aliphatic hydroxyl groups is 1. The van der Waals surface area contributed by atoms with Crippen LogP contribution in [0.1, 0.15) is 19.3 Å². The Kier molecular flexibility index (Phi) is 5.71. The van der Waals surface area contributed by atoms with E-state index in [4.69, 9.17) is 21.9 Å². The number of aliphatic hydroxyl groups excluding tert-OH is 1. The molecule has 11 heteroatoms. The number of hydrogen-bond donors (Lipinski definition) is 4. The van der Waals surface area contributed by atoms with Crippen molar-refractivity contribution in [3.8, 4) is 22.8 Å². The summed E-state index contributed by atoms with van der Waals surface area (Å²) in [5.74, 6) is -2.01. The fraction of sp³-hybridized carbons (Fsp3) is 0.286. The van der Waals surface area contributed by atoms with Gasteiger partial charge in [0.2, 0.25) is 0 Å². The maximum atomic E-state index is 13.1. The zero-order valence-corrected chi connectivity index (χ0v) is 18.5. The van der Waals surface area contributed by atoms with Gasteiger partial charge in [-0.15, -0.1) is 0 Å². The number of fused-ring (bicyclic) bond motifs is 1. The number of phenolic OH excluding ortho intramolecular Hbond substituents is 1. The number of likely N-dealkylation sites (N-methyl/N-ethyl adjacent to an activating group) is 1. The van der Waals surface area contributed by atoms with Gasteiger partial charge in [-0.3, -0.25) is 14.6 Å². The molecule has 1 aliphatic rings. The summed E-state index contributed by atoms with van der Waals surface area (Å²) >= 11 is 6.24. The predicted octanol–water partition coefficient (Wildman–Crippen LogP) is 3.07. The van der Waals surface area contributed by atoms with Crippen LogP contribution in [0.5, 0.6) is 11.5 Å². The maximum Gasteiger partial charge on any atom is 0.524 e. The number of benzene rings is 2. The van der Waals surface area contributed by atoms with Gasteiger partial charge in [0.05, 0.1) is 12.5 Å². The second kappa shape index (κ2) is 8.51. The third-order valence-electron chi connectivity index (χ3n) is 5.41. The number of nitrogens with zero attached hydrogens (tertiary/aromatic N) is 1. The summed E-state index contributed by atoms with van der Waals surface area (Å²) in [6, 6.07) is 6.73. The molecule has 1 fully saturated rings. The van der Waals surface area contributed by atoms with Crippen LogP contribution in [0.4, 0.5) is 0 Å². The van der Waals surface area contributed by atoms with Crippen LogP contribution in [0.15, 0.2) is 45.6 Å². The van der Waals surface area contributed by atoms with Gasteiger partial charge in [-0.05, 0) is 32.1 Å². The van der Waals surface area contributed by atoms with E-state index in [1.165, 1.54) is 0 Å². The summed E-state index contributed by atoms with van der Waals surface area (Å²) in [7, 11) is -3.27. The van der Waals surface area contributed by atoms with E-state index in [9.17, 15) is 29.4 Å². The summed E-state index contributed by atoms with van der Waals surface area (Å²) in [4.78, 5) is 33.8. The standard InChI is InChI=1S/C21H21ClNO8P/c1-23-7-6-12(16(26)10-23)19-18(31-32(27,28)29)9-15(25)20-14(24)8-17(30-21(19)20)11-4-2-3-5-13(11)22/h2-5,8-9,12,16,25-26H,6-7,10H2,1H3,(H2,27,28,29)/t12-,16+/m0/s1/i8D. The molecule has 0 bridgehead atoms. The summed E-state index contributed by atoms with van der Waals surface area (Å²) in [5.41, 5.74) is -0.825. The lowest BCUT2D eigenvalue weighted by molar-refractivity contribution is 0.0632. The average molecular weight is 483 g/mol. The third-order valence-corrected chi connectivity index (χ3v) is 6.18. The van der Waals surface area contributed by atoms with E-state index >= 15 is 0 Å². The second-order valence-corrected chi connectivity index (χ2v) is 9.25. The van der Waals surface area contributed by atoms with Crippen molar-refractivity contribution in [1.29, 1.82) is 0 Å².